The molecule has 0 aliphatic carbocycles. The maximum Gasteiger partial charge on any atom is 0.254 e. The second kappa shape index (κ2) is 8.48. The van der Waals surface area contributed by atoms with Gasteiger partial charge in [0.1, 0.15) is 24.3 Å². The third-order valence-electron chi connectivity index (χ3n) is 3.91. The predicted molar refractivity (Wildman–Crippen MR) is 92.7 cm³/mol. The lowest BCUT2D eigenvalue weighted by atomic mass is 10.2. The number of carbonyl (C=O) groups excluding carboxylic acids is 2. The average Bonchev–Trinajstić information content (AvgIpc) is 2.66. The van der Waals surface area contributed by atoms with Crippen LogP contribution in [-0.4, -0.2) is 37.6 Å². The number of rotatable bonds is 6. The first-order valence-corrected chi connectivity index (χ1v) is 8.41. The summed E-state index contributed by atoms with van der Waals surface area (Å²) < 4.78 is 37.6. The number of para-hydroxylation sites is 2. The average molecular weight is 376 g/mol. The van der Waals surface area contributed by atoms with Crippen molar-refractivity contribution in [1.82, 2.24) is 10.6 Å². The summed E-state index contributed by atoms with van der Waals surface area (Å²) in [5, 5.41) is 5.12. The van der Waals surface area contributed by atoms with Crippen LogP contribution in [0.25, 0.3) is 0 Å². The Morgan fingerprint density at radius 1 is 1.07 bits per heavy atom. The molecule has 8 heteroatoms. The molecule has 6 nitrogen and oxygen atoms in total. The topological polar surface area (TPSA) is 76.7 Å². The van der Waals surface area contributed by atoms with Gasteiger partial charge in [0.2, 0.25) is 5.91 Å². The Hall–Kier alpha value is -3.16. The number of ether oxygens (including phenoxy) is 2. The highest BCUT2D eigenvalue weighted by molar-refractivity contribution is 5.94. The molecule has 1 aliphatic rings. The molecule has 1 unspecified atom stereocenters. The molecule has 0 aromatic heterocycles. The second-order valence-electron chi connectivity index (χ2n) is 5.93. The zero-order valence-corrected chi connectivity index (χ0v) is 14.3. The summed E-state index contributed by atoms with van der Waals surface area (Å²) in [5.74, 6) is -1.43. The fourth-order valence-electron chi connectivity index (χ4n) is 2.54. The van der Waals surface area contributed by atoms with Gasteiger partial charge in [0.25, 0.3) is 5.91 Å². The Morgan fingerprint density at radius 2 is 1.85 bits per heavy atom. The molecule has 0 fully saturated rings. The van der Waals surface area contributed by atoms with Crippen LogP contribution in [0.5, 0.6) is 11.5 Å². The second-order valence-corrected chi connectivity index (χ2v) is 5.93. The summed E-state index contributed by atoms with van der Waals surface area (Å²) in [7, 11) is 0. The molecule has 2 N–H and O–H groups in total. The maximum absolute atomic E-state index is 13.5. The highest BCUT2D eigenvalue weighted by Gasteiger charge is 2.21. The summed E-state index contributed by atoms with van der Waals surface area (Å²) in [6.45, 7) is 0.595. The first-order chi connectivity index (χ1) is 13.0. The van der Waals surface area contributed by atoms with Gasteiger partial charge in [-0.15, -0.1) is 0 Å². The van der Waals surface area contributed by atoms with Crippen molar-refractivity contribution < 1.29 is 27.8 Å². The van der Waals surface area contributed by atoms with Crippen LogP contribution >= 0.6 is 0 Å². The van der Waals surface area contributed by atoms with Crippen LogP contribution in [0.3, 0.4) is 0 Å². The van der Waals surface area contributed by atoms with Crippen molar-refractivity contribution in [2.24, 2.45) is 0 Å². The van der Waals surface area contributed by atoms with Gasteiger partial charge in [-0.2, -0.15) is 0 Å². The van der Waals surface area contributed by atoms with Crippen molar-refractivity contribution in [1.29, 1.82) is 0 Å². The van der Waals surface area contributed by atoms with Gasteiger partial charge in [0.15, 0.2) is 11.5 Å². The lowest BCUT2D eigenvalue weighted by Crippen LogP contribution is -2.41. The molecule has 0 saturated carbocycles. The number of benzene rings is 2. The lowest BCUT2D eigenvalue weighted by Gasteiger charge is -2.26. The molecular formula is C19H18F2N2O4. The number of hydrogen-bond donors (Lipinski definition) is 2. The number of fused-ring (bicyclic) bond motifs is 1. The molecule has 0 spiro atoms. The molecule has 1 aliphatic heterocycles. The van der Waals surface area contributed by atoms with Gasteiger partial charge in [-0.1, -0.05) is 12.1 Å². The van der Waals surface area contributed by atoms with Crippen molar-refractivity contribution in [3.63, 3.8) is 0 Å². The zero-order chi connectivity index (χ0) is 19.2. The highest BCUT2D eigenvalue weighted by Crippen LogP contribution is 2.30. The van der Waals surface area contributed by atoms with E-state index < -0.39 is 17.5 Å². The fourth-order valence-corrected chi connectivity index (χ4v) is 2.54. The van der Waals surface area contributed by atoms with Gasteiger partial charge in [0.05, 0.1) is 12.1 Å². The summed E-state index contributed by atoms with van der Waals surface area (Å²) in [6.07, 6.45) is -0.301. The van der Waals surface area contributed by atoms with Crippen LogP contribution in [-0.2, 0) is 4.79 Å². The van der Waals surface area contributed by atoms with Gasteiger partial charge in [-0.25, -0.2) is 8.78 Å². The van der Waals surface area contributed by atoms with Crippen molar-refractivity contribution in [2.75, 3.05) is 19.7 Å². The van der Waals surface area contributed by atoms with E-state index >= 15 is 0 Å². The van der Waals surface area contributed by atoms with Gasteiger partial charge < -0.3 is 20.1 Å². The Bertz CT molecular complexity index is 844. The largest absolute Gasteiger partial charge is 0.486 e. The normalized spacial score (nSPS) is 15.1. The predicted octanol–water partition coefficient (Wildman–Crippen LogP) is 2.04. The summed E-state index contributed by atoms with van der Waals surface area (Å²) in [6, 6.07) is 9.94. The van der Waals surface area contributed by atoms with E-state index in [9.17, 15) is 18.4 Å². The minimum atomic E-state index is -0.952. The van der Waals surface area contributed by atoms with E-state index in [1.807, 2.05) is 12.1 Å². The van der Waals surface area contributed by atoms with Crippen molar-refractivity contribution in [3.05, 3.63) is 59.7 Å². The highest BCUT2D eigenvalue weighted by atomic mass is 19.1. The molecule has 142 valence electrons. The first kappa shape index (κ1) is 18.6. The molecular weight excluding hydrogens is 358 g/mol. The van der Waals surface area contributed by atoms with E-state index in [-0.39, 0.29) is 37.1 Å². The molecule has 1 heterocycles. The molecule has 2 amide bonds. The molecule has 2 aromatic rings. The SMILES string of the molecule is O=C(CCNC(=O)c1ccc(F)cc1F)NCC1COc2ccccc2O1. The number of nitrogens with one attached hydrogen (secondary N) is 2. The van der Waals surface area contributed by atoms with Crippen molar-refractivity contribution in [2.45, 2.75) is 12.5 Å². The van der Waals surface area contributed by atoms with E-state index in [2.05, 4.69) is 10.6 Å². The van der Waals surface area contributed by atoms with Crippen LogP contribution < -0.4 is 20.1 Å². The Labute approximate surface area is 154 Å². The fraction of sp³-hybridized carbons (Fsp3) is 0.263. The number of amides is 2. The maximum atomic E-state index is 13.5. The molecule has 2 aromatic carbocycles. The van der Waals surface area contributed by atoms with Gasteiger partial charge in [-0.3, -0.25) is 9.59 Å². The third-order valence-corrected chi connectivity index (χ3v) is 3.91. The van der Waals surface area contributed by atoms with E-state index in [0.29, 0.717) is 24.2 Å². The minimum Gasteiger partial charge on any atom is -0.486 e. The quantitative estimate of drug-likeness (QED) is 0.809. The van der Waals surface area contributed by atoms with Crippen LogP contribution in [0.4, 0.5) is 8.78 Å². The van der Waals surface area contributed by atoms with Crippen LogP contribution in [0.2, 0.25) is 0 Å². The summed E-state index contributed by atoms with van der Waals surface area (Å²) >= 11 is 0. The van der Waals surface area contributed by atoms with Gasteiger partial charge in [-0.05, 0) is 24.3 Å². The number of hydrogen-bond acceptors (Lipinski definition) is 4. The molecule has 3 rings (SSSR count). The first-order valence-electron chi connectivity index (χ1n) is 8.41. The summed E-state index contributed by atoms with van der Waals surface area (Å²) in [5.41, 5.74) is -0.275. The monoisotopic (exact) mass is 376 g/mol. The molecule has 0 saturated heterocycles. The molecule has 1 atom stereocenters. The van der Waals surface area contributed by atoms with Crippen LogP contribution in [0.1, 0.15) is 16.8 Å². The van der Waals surface area contributed by atoms with E-state index in [1.165, 1.54) is 0 Å². The van der Waals surface area contributed by atoms with Gasteiger partial charge in [0, 0.05) is 19.0 Å². The Kier molecular flexibility index (Phi) is 5.85. The standard InChI is InChI=1S/C19H18F2N2O4/c20-12-5-6-14(15(21)9-12)19(25)22-8-7-18(24)23-10-13-11-26-16-3-1-2-4-17(16)27-13/h1-6,9,13H,7-8,10-11H2,(H,22,25)(H,23,24). The van der Waals surface area contributed by atoms with E-state index in [1.54, 1.807) is 12.1 Å². The van der Waals surface area contributed by atoms with E-state index in [0.717, 1.165) is 12.1 Å². The smallest absolute Gasteiger partial charge is 0.254 e. The van der Waals surface area contributed by atoms with Crippen LogP contribution in [0, 0.1) is 11.6 Å². The zero-order valence-electron chi connectivity index (χ0n) is 14.3. The lowest BCUT2D eigenvalue weighted by molar-refractivity contribution is -0.121. The minimum absolute atomic E-state index is 0.0126. The van der Waals surface area contributed by atoms with Crippen molar-refractivity contribution >= 4 is 11.8 Å². The number of carbonyl (C=O) groups is 2. The molecule has 0 bridgehead atoms. The Balaban J connectivity index is 1.38. The van der Waals surface area contributed by atoms with Crippen molar-refractivity contribution in [3.8, 4) is 11.5 Å². The Morgan fingerprint density at radius 3 is 2.63 bits per heavy atom. The molecule has 0 radical (unpaired) electrons. The van der Waals surface area contributed by atoms with E-state index in [4.69, 9.17) is 9.47 Å². The summed E-state index contributed by atoms with van der Waals surface area (Å²) in [4.78, 5) is 23.7. The molecule has 27 heavy (non-hydrogen) atoms. The third kappa shape index (κ3) is 4.93. The van der Waals surface area contributed by atoms with Crippen LogP contribution in [0.15, 0.2) is 42.5 Å². The number of halogens is 2. The van der Waals surface area contributed by atoms with Gasteiger partial charge >= 0.3 is 0 Å².